The number of carbonyl (C=O) groups is 1. The van der Waals surface area contributed by atoms with Crippen LogP contribution in [0.4, 0.5) is 0 Å². The molecule has 15 heavy (non-hydrogen) atoms. The first-order chi connectivity index (χ1) is 7.11. The Balaban J connectivity index is 2.30. The zero-order valence-corrected chi connectivity index (χ0v) is 9.97. The molecule has 0 saturated carbocycles. The average Bonchev–Trinajstić information content (AvgIpc) is 2.26. The number of amides is 1. The second-order valence-corrected chi connectivity index (χ2v) is 4.57. The summed E-state index contributed by atoms with van der Waals surface area (Å²) in [7, 11) is 0. The second-order valence-electron chi connectivity index (χ2n) is 4.57. The van der Waals surface area contributed by atoms with Gasteiger partial charge in [-0.25, -0.2) is 0 Å². The van der Waals surface area contributed by atoms with E-state index in [4.69, 9.17) is 0 Å². The van der Waals surface area contributed by atoms with Crippen LogP contribution in [0.1, 0.15) is 27.2 Å². The minimum atomic E-state index is 0.104. The van der Waals surface area contributed by atoms with Gasteiger partial charge in [0, 0.05) is 19.0 Å². The summed E-state index contributed by atoms with van der Waals surface area (Å²) in [6.07, 6.45) is 3.22. The molecular weight excluding hydrogens is 188 g/mol. The van der Waals surface area contributed by atoms with Gasteiger partial charge < -0.3 is 10.6 Å². The van der Waals surface area contributed by atoms with Crippen molar-refractivity contribution in [1.29, 1.82) is 0 Å². The van der Waals surface area contributed by atoms with Gasteiger partial charge in [0.2, 0.25) is 5.91 Å². The van der Waals surface area contributed by atoms with Crippen molar-refractivity contribution in [3.8, 4) is 0 Å². The molecule has 1 amide bonds. The third kappa shape index (κ3) is 4.04. The lowest BCUT2D eigenvalue weighted by atomic mass is 9.97. The smallest absolute Gasteiger partial charge is 0.223 e. The maximum absolute atomic E-state index is 11.7. The van der Waals surface area contributed by atoms with Crippen molar-refractivity contribution >= 4 is 5.91 Å². The first-order valence-corrected chi connectivity index (χ1v) is 5.77. The summed E-state index contributed by atoms with van der Waals surface area (Å²) in [4.78, 5) is 11.7. The number of rotatable bonds is 4. The summed E-state index contributed by atoms with van der Waals surface area (Å²) in [6.45, 7) is 8.82. The highest BCUT2D eigenvalue weighted by Gasteiger charge is 2.16. The predicted octanol–water partition coefficient (Wildman–Crippen LogP) is 1.31. The molecule has 1 aliphatic heterocycles. The summed E-state index contributed by atoms with van der Waals surface area (Å²) in [6, 6.07) is 0. The van der Waals surface area contributed by atoms with E-state index in [1.54, 1.807) is 0 Å². The first kappa shape index (κ1) is 12.2. The van der Waals surface area contributed by atoms with Crippen molar-refractivity contribution in [1.82, 2.24) is 10.6 Å². The van der Waals surface area contributed by atoms with Crippen molar-refractivity contribution in [3.63, 3.8) is 0 Å². The van der Waals surface area contributed by atoms with Crippen molar-refractivity contribution in [2.24, 2.45) is 11.8 Å². The Bertz CT molecular complexity index is 246. The van der Waals surface area contributed by atoms with E-state index in [2.05, 4.69) is 30.6 Å². The van der Waals surface area contributed by atoms with E-state index in [1.165, 1.54) is 5.57 Å². The van der Waals surface area contributed by atoms with Crippen molar-refractivity contribution in [2.45, 2.75) is 27.2 Å². The van der Waals surface area contributed by atoms with Crippen LogP contribution in [0.25, 0.3) is 0 Å². The molecule has 1 atom stereocenters. The molecule has 3 nitrogen and oxygen atoms in total. The van der Waals surface area contributed by atoms with Crippen molar-refractivity contribution < 1.29 is 4.79 Å². The van der Waals surface area contributed by atoms with E-state index in [0.717, 1.165) is 26.1 Å². The second kappa shape index (κ2) is 5.91. The molecule has 1 rings (SSSR count). The lowest BCUT2D eigenvalue weighted by Gasteiger charge is -2.18. The zero-order chi connectivity index (χ0) is 11.3. The maximum atomic E-state index is 11.7. The number of hydrogen-bond acceptors (Lipinski definition) is 2. The average molecular weight is 210 g/mol. The van der Waals surface area contributed by atoms with Crippen molar-refractivity contribution in [3.05, 3.63) is 11.6 Å². The van der Waals surface area contributed by atoms with Gasteiger partial charge in [0.05, 0.1) is 0 Å². The van der Waals surface area contributed by atoms with Crippen LogP contribution < -0.4 is 10.6 Å². The lowest BCUT2D eigenvalue weighted by molar-refractivity contribution is -0.125. The molecule has 1 aliphatic rings. The van der Waals surface area contributed by atoms with Crippen LogP contribution in [0.5, 0.6) is 0 Å². The fourth-order valence-corrected chi connectivity index (χ4v) is 1.49. The summed E-state index contributed by atoms with van der Waals surface area (Å²) in [5, 5.41) is 6.25. The zero-order valence-electron chi connectivity index (χ0n) is 9.97. The normalized spacial score (nSPS) is 18.5. The highest BCUT2D eigenvalue weighted by molar-refractivity contribution is 5.78. The van der Waals surface area contributed by atoms with E-state index >= 15 is 0 Å². The van der Waals surface area contributed by atoms with Gasteiger partial charge in [-0.15, -0.1) is 0 Å². The Hall–Kier alpha value is -0.830. The summed E-state index contributed by atoms with van der Waals surface area (Å²) >= 11 is 0. The largest absolute Gasteiger partial charge is 0.352 e. The molecule has 86 valence electrons. The highest BCUT2D eigenvalue weighted by atomic mass is 16.1. The summed E-state index contributed by atoms with van der Waals surface area (Å²) < 4.78 is 0. The van der Waals surface area contributed by atoms with E-state index in [0.29, 0.717) is 5.92 Å². The monoisotopic (exact) mass is 210 g/mol. The summed E-state index contributed by atoms with van der Waals surface area (Å²) in [5.74, 6) is 0.684. The van der Waals surface area contributed by atoms with Gasteiger partial charge in [-0.05, 0) is 18.9 Å². The highest BCUT2D eigenvalue weighted by Crippen LogP contribution is 2.10. The van der Waals surface area contributed by atoms with Gasteiger partial charge >= 0.3 is 0 Å². The molecule has 1 heterocycles. The van der Waals surface area contributed by atoms with Crippen LogP contribution in [-0.4, -0.2) is 25.5 Å². The molecule has 2 N–H and O–H groups in total. The van der Waals surface area contributed by atoms with Crippen LogP contribution in [-0.2, 0) is 4.79 Å². The van der Waals surface area contributed by atoms with E-state index in [9.17, 15) is 4.79 Å². The van der Waals surface area contributed by atoms with Gasteiger partial charge in [-0.2, -0.15) is 0 Å². The Kier molecular flexibility index (Phi) is 4.82. The fraction of sp³-hybridized carbons (Fsp3) is 0.750. The standard InChI is InChI=1S/C12H22N2O/c1-9(2)10(3)12(15)14-8-11-4-6-13-7-5-11/h4,9-10,13H,5-8H2,1-3H3,(H,14,15). The molecule has 0 aromatic heterocycles. The van der Waals surface area contributed by atoms with Gasteiger partial charge in [0.1, 0.15) is 0 Å². The van der Waals surface area contributed by atoms with Crippen LogP contribution >= 0.6 is 0 Å². The first-order valence-electron chi connectivity index (χ1n) is 5.77. The molecular formula is C12H22N2O. The van der Waals surface area contributed by atoms with Gasteiger partial charge in [0.15, 0.2) is 0 Å². The Morgan fingerprint density at radius 2 is 2.27 bits per heavy atom. The van der Waals surface area contributed by atoms with Crippen LogP contribution in [0.2, 0.25) is 0 Å². The minimum Gasteiger partial charge on any atom is -0.352 e. The van der Waals surface area contributed by atoms with Gasteiger partial charge in [0.25, 0.3) is 0 Å². The molecule has 3 heteroatoms. The Labute approximate surface area is 92.3 Å². The van der Waals surface area contributed by atoms with E-state index in [-0.39, 0.29) is 11.8 Å². The fourth-order valence-electron chi connectivity index (χ4n) is 1.49. The Morgan fingerprint density at radius 1 is 1.53 bits per heavy atom. The molecule has 0 aliphatic carbocycles. The minimum absolute atomic E-state index is 0.104. The number of nitrogens with one attached hydrogen (secondary N) is 2. The molecule has 0 saturated heterocycles. The topological polar surface area (TPSA) is 41.1 Å². The van der Waals surface area contributed by atoms with Gasteiger partial charge in [-0.3, -0.25) is 4.79 Å². The third-order valence-corrected chi connectivity index (χ3v) is 3.06. The van der Waals surface area contributed by atoms with Gasteiger partial charge in [-0.1, -0.05) is 32.4 Å². The molecule has 0 radical (unpaired) electrons. The molecule has 0 spiro atoms. The third-order valence-electron chi connectivity index (χ3n) is 3.06. The maximum Gasteiger partial charge on any atom is 0.223 e. The molecule has 0 bridgehead atoms. The van der Waals surface area contributed by atoms with Crippen LogP contribution in [0, 0.1) is 11.8 Å². The van der Waals surface area contributed by atoms with Crippen LogP contribution in [0.3, 0.4) is 0 Å². The van der Waals surface area contributed by atoms with E-state index < -0.39 is 0 Å². The predicted molar refractivity (Wildman–Crippen MR) is 62.6 cm³/mol. The molecule has 0 fully saturated rings. The number of hydrogen-bond donors (Lipinski definition) is 2. The van der Waals surface area contributed by atoms with Crippen LogP contribution in [0.15, 0.2) is 11.6 Å². The van der Waals surface area contributed by atoms with E-state index in [1.807, 2.05) is 6.92 Å². The molecule has 1 unspecified atom stereocenters. The Morgan fingerprint density at radius 3 is 2.80 bits per heavy atom. The lowest BCUT2D eigenvalue weighted by Crippen LogP contribution is -2.34. The number of carbonyl (C=O) groups excluding carboxylic acids is 1. The summed E-state index contributed by atoms with van der Waals surface area (Å²) in [5.41, 5.74) is 1.35. The quantitative estimate of drug-likeness (QED) is 0.687. The molecule has 0 aromatic rings. The molecule has 0 aromatic carbocycles. The SMILES string of the molecule is CC(C)C(C)C(=O)NCC1=CCNCC1. The van der Waals surface area contributed by atoms with Crippen molar-refractivity contribution in [2.75, 3.05) is 19.6 Å².